The molecule has 2 aliphatic carbocycles. The van der Waals surface area contributed by atoms with Crippen LogP contribution >= 0.6 is 0 Å². The summed E-state index contributed by atoms with van der Waals surface area (Å²) in [6.07, 6.45) is 3.66. The van der Waals surface area contributed by atoms with E-state index < -0.39 is 5.41 Å². The average molecular weight is 432 g/mol. The highest BCUT2D eigenvalue weighted by molar-refractivity contribution is 6.25. The first-order chi connectivity index (χ1) is 15.1. The number of aryl methyl sites for hydroxylation is 1. The molecular formula is C27H29NO4. The van der Waals surface area contributed by atoms with E-state index in [2.05, 4.69) is 33.8 Å². The van der Waals surface area contributed by atoms with Crippen LogP contribution < -0.4 is 4.90 Å². The molecule has 3 aliphatic heterocycles. The van der Waals surface area contributed by atoms with Gasteiger partial charge in [-0.1, -0.05) is 45.9 Å². The first kappa shape index (κ1) is 20.0. The molecule has 1 aromatic carbocycles. The largest absolute Gasteiger partial charge is 0.465 e. The van der Waals surface area contributed by atoms with Crippen LogP contribution in [0, 0.1) is 10.8 Å². The summed E-state index contributed by atoms with van der Waals surface area (Å²) in [6, 6.07) is 6.00. The van der Waals surface area contributed by atoms with E-state index in [1.807, 2.05) is 17.0 Å². The number of amides is 1. The van der Waals surface area contributed by atoms with Gasteiger partial charge in [0.15, 0.2) is 11.6 Å². The van der Waals surface area contributed by atoms with E-state index in [0.717, 1.165) is 29.7 Å². The fourth-order valence-corrected chi connectivity index (χ4v) is 6.77. The Morgan fingerprint density at radius 1 is 0.844 bits per heavy atom. The molecule has 5 heteroatoms. The third-order valence-electron chi connectivity index (χ3n) is 7.86. The van der Waals surface area contributed by atoms with Gasteiger partial charge in [0.05, 0.1) is 16.8 Å². The van der Waals surface area contributed by atoms with E-state index in [4.69, 9.17) is 4.74 Å². The van der Waals surface area contributed by atoms with Gasteiger partial charge >= 0.3 is 0 Å². The lowest BCUT2D eigenvalue weighted by molar-refractivity contribution is -0.128. The summed E-state index contributed by atoms with van der Waals surface area (Å²) >= 11 is 0. The van der Waals surface area contributed by atoms with Gasteiger partial charge in [-0.05, 0) is 29.2 Å². The minimum Gasteiger partial charge on any atom is -0.465 e. The molecule has 0 N–H and O–H groups in total. The minimum absolute atomic E-state index is 0.0637. The zero-order valence-corrected chi connectivity index (χ0v) is 19.3. The minimum atomic E-state index is -1.35. The van der Waals surface area contributed by atoms with Crippen LogP contribution in [0.3, 0.4) is 0 Å². The van der Waals surface area contributed by atoms with Crippen molar-refractivity contribution in [2.75, 3.05) is 11.4 Å². The maximum absolute atomic E-state index is 14.4. The zero-order valence-electron chi connectivity index (χ0n) is 19.3. The number of rotatable bonds is 0. The van der Waals surface area contributed by atoms with Crippen molar-refractivity contribution in [2.45, 2.75) is 71.6 Å². The van der Waals surface area contributed by atoms with Crippen LogP contribution in [0.1, 0.15) is 70.9 Å². The van der Waals surface area contributed by atoms with E-state index >= 15 is 0 Å². The Bertz CT molecular complexity index is 1140. The maximum Gasteiger partial charge on any atom is 0.247 e. The Kier molecular flexibility index (Phi) is 3.74. The lowest BCUT2D eigenvalue weighted by Crippen LogP contribution is -2.53. The maximum atomic E-state index is 14.4. The first-order valence-electron chi connectivity index (χ1n) is 11.7. The number of anilines is 1. The van der Waals surface area contributed by atoms with Crippen LogP contribution in [0.25, 0.3) is 0 Å². The molecule has 0 saturated heterocycles. The molecule has 6 rings (SSSR count). The Hall–Kier alpha value is -2.69. The van der Waals surface area contributed by atoms with Crippen LogP contribution in [-0.4, -0.2) is 24.0 Å². The van der Waals surface area contributed by atoms with E-state index in [0.29, 0.717) is 54.9 Å². The Balaban J connectivity index is 1.72. The van der Waals surface area contributed by atoms with Crippen LogP contribution in [0.2, 0.25) is 0 Å². The Morgan fingerprint density at radius 3 is 2.03 bits per heavy atom. The molecule has 1 amide bonds. The summed E-state index contributed by atoms with van der Waals surface area (Å²) < 4.78 is 6.42. The molecule has 3 heterocycles. The second kappa shape index (κ2) is 6.00. The molecular weight excluding hydrogens is 402 g/mol. The van der Waals surface area contributed by atoms with Crippen LogP contribution in [0.4, 0.5) is 5.69 Å². The third kappa shape index (κ3) is 2.37. The van der Waals surface area contributed by atoms with Gasteiger partial charge in [-0.25, -0.2) is 0 Å². The van der Waals surface area contributed by atoms with Crippen LogP contribution in [0.15, 0.2) is 40.9 Å². The van der Waals surface area contributed by atoms with Crippen molar-refractivity contribution in [3.63, 3.8) is 0 Å². The number of benzene rings is 1. The predicted octanol–water partition coefficient (Wildman–Crippen LogP) is 4.53. The number of ketones is 2. The number of Topliss-reactive ketones (excluding diaryl/α,β-unsaturated/α-hetero) is 2. The molecule has 5 aliphatic rings. The molecule has 1 spiro atoms. The number of ether oxygens (including phenoxy) is 1. The number of fused-ring (bicyclic) bond motifs is 3. The molecule has 0 saturated carbocycles. The highest BCUT2D eigenvalue weighted by Crippen LogP contribution is 2.61. The van der Waals surface area contributed by atoms with Crippen molar-refractivity contribution in [2.24, 2.45) is 10.8 Å². The molecule has 0 radical (unpaired) electrons. The van der Waals surface area contributed by atoms with E-state index in [9.17, 15) is 14.4 Å². The third-order valence-corrected chi connectivity index (χ3v) is 7.86. The molecule has 1 aromatic rings. The van der Waals surface area contributed by atoms with Gasteiger partial charge in [0, 0.05) is 37.8 Å². The lowest BCUT2D eigenvalue weighted by Gasteiger charge is -2.46. The summed E-state index contributed by atoms with van der Waals surface area (Å²) in [5, 5.41) is 0. The number of carbonyl (C=O) groups is 3. The Labute approximate surface area is 188 Å². The second-order valence-electron chi connectivity index (χ2n) is 11.7. The van der Waals surface area contributed by atoms with Gasteiger partial charge in [0.25, 0.3) is 0 Å². The van der Waals surface area contributed by atoms with E-state index in [1.165, 1.54) is 0 Å². The molecule has 0 bridgehead atoms. The topological polar surface area (TPSA) is 63.7 Å². The molecule has 166 valence electrons. The van der Waals surface area contributed by atoms with Crippen molar-refractivity contribution in [3.8, 4) is 0 Å². The zero-order chi connectivity index (χ0) is 22.6. The van der Waals surface area contributed by atoms with E-state index in [-0.39, 0.29) is 28.3 Å². The van der Waals surface area contributed by atoms with Gasteiger partial charge in [0.2, 0.25) is 5.91 Å². The number of hydrogen-bond acceptors (Lipinski definition) is 4. The van der Waals surface area contributed by atoms with Crippen LogP contribution in [0.5, 0.6) is 0 Å². The molecule has 32 heavy (non-hydrogen) atoms. The van der Waals surface area contributed by atoms with Gasteiger partial charge in [0.1, 0.15) is 16.9 Å². The fraction of sp³-hybridized carbons (Fsp3) is 0.519. The number of nitrogens with zero attached hydrogens (tertiary/aromatic N) is 1. The summed E-state index contributed by atoms with van der Waals surface area (Å²) in [5.74, 6) is 0.934. The van der Waals surface area contributed by atoms with Crippen molar-refractivity contribution in [1.29, 1.82) is 0 Å². The standard InChI is InChI=1S/C27H29NO4/c1-25(2)11-17(29)21-19(13-25)32-20-14-26(3,4)12-18(30)22(20)27(21)16-9-5-7-15-8-6-10-28(23(15)16)24(27)31/h5,7,9H,6,8,10-14H2,1-4H3. The quantitative estimate of drug-likeness (QED) is 0.605. The summed E-state index contributed by atoms with van der Waals surface area (Å²) in [4.78, 5) is 43.7. The lowest BCUT2D eigenvalue weighted by atomic mass is 9.58. The monoisotopic (exact) mass is 431 g/mol. The number of hydrogen-bond donors (Lipinski definition) is 0. The summed E-state index contributed by atoms with van der Waals surface area (Å²) in [7, 11) is 0. The van der Waals surface area contributed by atoms with Gasteiger partial charge in [-0.3, -0.25) is 14.4 Å². The molecule has 0 atom stereocenters. The Morgan fingerprint density at radius 2 is 1.44 bits per heavy atom. The average Bonchev–Trinajstić information content (AvgIpc) is 2.91. The molecule has 0 aromatic heterocycles. The SMILES string of the molecule is CC1(C)CC(=O)C2=C(C1)OC1=C(C(=O)CC(C)(C)C1)C21C(=O)N2CCCc3cccc1c32. The van der Waals surface area contributed by atoms with Crippen molar-refractivity contribution < 1.29 is 19.1 Å². The smallest absolute Gasteiger partial charge is 0.247 e. The summed E-state index contributed by atoms with van der Waals surface area (Å²) in [6.45, 7) is 8.87. The van der Waals surface area contributed by atoms with Crippen molar-refractivity contribution in [1.82, 2.24) is 0 Å². The highest BCUT2D eigenvalue weighted by Gasteiger charge is 2.65. The highest BCUT2D eigenvalue weighted by atomic mass is 16.5. The first-order valence-corrected chi connectivity index (χ1v) is 11.7. The predicted molar refractivity (Wildman–Crippen MR) is 120 cm³/mol. The molecule has 0 fully saturated rings. The van der Waals surface area contributed by atoms with Crippen molar-refractivity contribution >= 4 is 23.2 Å². The summed E-state index contributed by atoms with van der Waals surface area (Å²) in [5.41, 5.74) is 1.87. The number of allylic oxidation sites excluding steroid dienone is 2. The second-order valence-corrected chi connectivity index (χ2v) is 11.7. The van der Waals surface area contributed by atoms with Crippen molar-refractivity contribution in [3.05, 3.63) is 52.0 Å². The molecule has 5 nitrogen and oxygen atoms in total. The molecule has 0 unspecified atom stereocenters. The van der Waals surface area contributed by atoms with E-state index in [1.54, 1.807) is 0 Å². The fourth-order valence-electron chi connectivity index (χ4n) is 6.77. The number of carbonyl (C=O) groups excluding carboxylic acids is 3. The number of para-hydroxylation sites is 1. The van der Waals surface area contributed by atoms with Crippen LogP contribution in [-0.2, 0) is 31.0 Å². The van der Waals surface area contributed by atoms with Gasteiger partial charge in [-0.15, -0.1) is 0 Å². The normalized spacial score (nSPS) is 26.8. The van der Waals surface area contributed by atoms with Gasteiger partial charge in [-0.2, -0.15) is 0 Å². The van der Waals surface area contributed by atoms with Gasteiger partial charge < -0.3 is 9.64 Å².